The fourth-order valence-electron chi connectivity index (χ4n) is 3.86. The molecule has 2 aromatic carbocycles. The van der Waals surface area contributed by atoms with Gasteiger partial charge in [-0.05, 0) is 21.3 Å². The number of hydrogen-bond donors (Lipinski definition) is 0. The number of ether oxygens (including phenoxy) is 3. The second-order valence-electron chi connectivity index (χ2n) is 9.32. The molecule has 32 heavy (non-hydrogen) atoms. The summed E-state index contributed by atoms with van der Waals surface area (Å²) in [5.74, 6) is 0.605. The zero-order valence-electron chi connectivity index (χ0n) is 20.6. The minimum atomic E-state index is -2.48. The smallest absolute Gasteiger partial charge is 0.261 e. The molecule has 2 aromatic rings. The van der Waals surface area contributed by atoms with E-state index in [1.165, 1.54) is 10.4 Å². The first-order chi connectivity index (χ1) is 15.4. The lowest BCUT2D eigenvalue weighted by Gasteiger charge is -2.43. The number of benzene rings is 2. The van der Waals surface area contributed by atoms with E-state index < -0.39 is 8.32 Å². The van der Waals surface area contributed by atoms with E-state index in [2.05, 4.69) is 95.3 Å². The normalized spacial score (nSPS) is 13.3. The summed E-state index contributed by atoms with van der Waals surface area (Å²) in [5, 5.41) is 2.56. The minimum Gasteiger partial charge on any atom is -0.405 e. The summed E-state index contributed by atoms with van der Waals surface area (Å²) in [6.07, 6.45) is 1.14. The summed E-state index contributed by atoms with van der Waals surface area (Å²) in [6.45, 7) is 15.6. The molecule has 0 amide bonds. The Kier molecular flexibility index (Phi) is 11.6. The van der Waals surface area contributed by atoms with Crippen molar-refractivity contribution in [2.45, 2.75) is 46.1 Å². The van der Waals surface area contributed by atoms with Crippen molar-refractivity contribution in [3.8, 4) is 0 Å². The van der Waals surface area contributed by atoms with Crippen molar-refractivity contribution in [1.82, 2.24) is 0 Å². The molecule has 0 fully saturated rings. The van der Waals surface area contributed by atoms with Crippen molar-refractivity contribution in [2.75, 3.05) is 46.2 Å². The van der Waals surface area contributed by atoms with Gasteiger partial charge in [0, 0.05) is 6.61 Å². The molecule has 0 saturated carbocycles. The van der Waals surface area contributed by atoms with Gasteiger partial charge in [-0.1, -0.05) is 102 Å². The first kappa shape index (κ1) is 26.7. The summed E-state index contributed by atoms with van der Waals surface area (Å²) < 4.78 is 23.8. The predicted molar refractivity (Wildman–Crippen MR) is 135 cm³/mol. The molecule has 0 aromatic heterocycles. The van der Waals surface area contributed by atoms with Crippen molar-refractivity contribution < 1.29 is 18.6 Å². The predicted octanol–water partition coefficient (Wildman–Crippen LogP) is 4.66. The molecule has 5 heteroatoms. The molecular weight excluding hydrogens is 416 g/mol. The van der Waals surface area contributed by atoms with E-state index in [9.17, 15) is 0 Å². The summed E-state index contributed by atoms with van der Waals surface area (Å²) in [7, 11) is -2.48. The van der Waals surface area contributed by atoms with Crippen LogP contribution in [0.3, 0.4) is 0 Å². The Hall–Kier alpha value is -1.50. The topological polar surface area (TPSA) is 36.9 Å². The van der Waals surface area contributed by atoms with E-state index in [1.54, 1.807) is 0 Å². The third-order valence-corrected chi connectivity index (χ3v) is 10.8. The molecule has 178 valence electrons. The van der Waals surface area contributed by atoms with Gasteiger partial charge in [-0.3, -0.25) is 0 Å². The Labute approximate surface area is 196 Å². The Balaban J connectivity index is 1.85. The van der Waals surface area contributed by atoms with E-state index >= 15 is 0 Å². The first-order valence-electron chi connectivity index (χ1n) is 11.9. The van der Waals surface area contributed by atoms with Gasteiger partial charge in [0.05, 0.1) is 39.6 Å². The van der Waals surface area contributed by atoms with Gasteiger partial charge in [-0.2, -0.15) is 0 Å². The fourth-order valence-corrected chi connectivity index (χ4v) is 8.40. The summed E-state index contributed by atoms with van der Waals surface area (Å²) in [5.41, 5.74) is 0. The van der Waals surface area contributed by atoms with Crippen LogP contribution in [0.15, 0.2) is 60.7 Å². The van der Waals surface area contributed by atoms with E-state index in [0.29, 0.717) is 45.6 Å². The van der Waals surface area contributed by atoms with Crippen LogP contribution < -0.4 is 10.4 Å². The van der Waals surface area contributed by atoms with Gasteiger partial charge >= 0.3 is 0 Å². The van der Waals surface area contributed by atoms with E-state index in [-0.39, 0.29) is 5.04 Å². The van der Waals surface area contributed by atoms with Crippen LogP contribution in [0.2, 0.25) is 5.04 Å². The quantitative estimate of drug-likeness (QED) is 0.287. The second-order valence-corrected chi connectivity index (χ2v) is 13.6. The van der Waals surface area contributed by atoms with Crippen LogP contribution in [0.5, 0.6) is 0 Å². The van der Waals surface area contributed by atoms with Crippen LogP contribution in [0.1, 0.15) is 41.0 Å². The van der Waals surface area contributed by atoms with Gasteiger partial charge < -0.3 is 18.6 Å². The molecule has 1 unspecified atom stereocenters. The molecule has 0 radical (unpaired) electrons. The average Bonchev–Trinajstić information content (AvgIpc) is 2.80. The van der Waals surface area contributed by atoms with E-state index in [4.69, 9.17) is 18.6 Å². The second kappa shape index (κ2) is 13.9. The zero-order valence-corrected chi connectivity index (χ0v) is 21.6. The van der Waals surface area contributed by atoms with Crippen molar-refractivity contribution in [3.63, 3.8) is 0 Å². The molecule has 0 spiro atoms. The van der Waals surface area contributed by atoms with Gasteiger partial charge in [0.15, 0.2) is 0 Å². The lowest BCUT2D eigenvalue weighted by atomic mass is 10.1. The monoisotopic (exact) mass is 458 g/mol. The summed E-state index contributed by atoms with van der Waals surface area (Å²) >= 11 is 0. The van der Waals surface area contributed by atoms with Gasteiger partial charge in [-0.25, -0.2) is 0 Å². The molecule has 2 rings (SSSR count). The minimum absolute atomic E-state index is 0.0198. The molecule has 0 N–H and O–H groups in total. The Morgan fingerprint density at radius 1 is 0.688 bits per heavy atom. The highest BCUT2D eigenvalue weighted by Gasteiger charge is 2.49. The third kappa shape index (κ3) is 7.82. The summed E-state index contributed by atoms with van der Waals surface area (Å²) in [6, 6.07) is 21.4. The Morgan fingerprint density at radius 3 is 1.56 bits per heavy atom. The number of rotatable bonds is 15. The Bertz CT molecular complexity index is 691. The van der Waals surface area contributed by atoms with Crippen molar-refractivity contribution >= 4 is 18.7 Å². The van der Waals surface area contributed by atoms with Crippen LogP contribution >= 0.6 is 0 Å². The van der Waals surface area contributed by atoms with Crippen LogP contribution in [-0.2, 0) is 18.6 Å². The maximum absolute atomic E-state index is 6.81. The average molecular weight is 459 g/mol. The summed E-state index contributed by atoms with van der Waals surface area (Å²) in [4.78, 5) is 0. The maximum atomic E-state index is 6.81. The van der Waals surface area contributed by atoms with Crippen LogP contribution in [-0.4, -0.2) is 54.6 Å². The van der Waals surface area contributed by atoms with Crippen LogP contribution in [0.25, 0.3) is 0 Å². The van der Waals surface area contributed by atoms with Gasteiger partial charge in [0.1, 0.15) is 0 Å². The lowest BCUT2D eigenvalue weighted by molar-refractivity contribution is 0.00352. The van der Waals surface area contributed by atoms with Gasteiger partial charge in [0.2, 0.25) is 0 Å². The zero-order chi connectivity index (χ0) is 23.3. The fraction of sp³-hybridized carbons (Fsp3) is 0.556. The highest BCUT2D eigenvalue weighted by molar-refractivity contribution is 6.99. The van der Waals surface area contributed by atoms with Crippen molar-refractivity contribution in [3.05, 3.63) is 60.7 Å². The molecule has 0 saturated heterocycles. The van der Waals surface area contributed by atoms with Crippen LogP contribution in [0, 0.1) is 5.92 Å². The highest BCUT2D eigenvalue weighted by atomic mass is 28.4. The van der Waals surface area contributed by atoms with Crippen molar-refractivity contribution in [1.29, 1.82) is 0 Å². The molecule has 0 aliphatic rings. The third-order valence-electron chi connectivity index (χ3n) is 5.81. The molecule has 1 atom stereocenters. The molecule has 0 aliphatic carbocycles. The highest BCUT2D eigenvalue weighted by Crippen LogP contribution is 2.36. The van der Waals surface area contributed by atoms with E-state index in [1.807, 2.05) is 0 Å². The SMILES string of the molecule is CCC(C)COCCOCCOCCO[Si](c1ccccc1)(c1ccccc1)C(C)(C)C. The first-order valence-corrected chi connectivity index (χ1v) is 13.8. The largest absolute Gasteiger partial charge is 0.405 e. The van der Waals surface area contributed by atoms with Crippen molar-refractivity contribution in [2.24, 2.45) is 5.92 Å². The lowest BCUT2D eigenvalue weighted by Crippen LogP contribution is -2.66. The van der Waals surface area contributed by atoms with E-state index in [0.717, 1.165) is 13.0 Å². The molecule has 4 nitrogen and oxygen atoms in total. The molecular formula is C27H42O4Si. The Morgan fingerprint density at radius 2 is 1.12 bits per heavy atom. The molecule has 0 aliphatic heterocycles. The maximum Gasteiger partial charge on any atom is 0.261 e. The van der Waals surface area contributed by atoms with Gasteiger partial charge in [-0.15, -0.1) is 0 Å². The molecule has 0 heterocycles. The molecule has 0 bridgehead atoms. The van der Waals surface area contributed by atoms with Crippen LogP contribution in [0.4, 0.5) is 0 Å². The number of hydrogen-bond acceptors (Lipinski definition) is 4. The standard InChI is InChI=1S/C27H42O4Si/c1-6-24(2)23-30-20-19-28-17-18-29-21-22-31-32(27(3,4)5,25-13-9-7-10-14-25)26-15-11-8-12-16-26/h7-16,24H,6,17-23H2,1-5H3. The van der Waals surface area contributed by atoms with Gasteiger partial charge in [0.25, 0.3) is 8.32 Å².